The van der Waals surface area contributed by atoms with E-state index < -0.39 is 0 Å². The van der Waals surface area contributed by atoms with E-state index in [1.54, 1.807) is 4.90 Å². The highest BCUT2D eigenvalue weighted by Gasteiger charge is 2.24. The van der Waals surface area contributed by atoms with Crippen molar-refractivity contribution in [3.8, 4) is 0 Å². The van der Waals surface area contributed by atoms with Crippen LogP contribution in [0.5, 0.6) is 0 Å². The molecule has 2 rings (SSSR count). The highest BCUT2D eigenvalue weighted by atomic mass is 127. The van der Waals surface area contributed by atoms with Crippen LogP contribution in [0.25, 0.3) is 0 Å². The molecule has 0 radical (unpaired) electrons. The second kappa shape index (κ2) is 13.2. The van der Waals surface area contributed by atoms with Gasteiger partial charge in [0.1, 0.15) is 0 Å². The number of thiophene rings is 1. The fourth-order valence-electron chi connectivity index (χ4n) is 3.02. The minimum atomic E-state index is -0.200. The van der Waals surface area contributed by atoms with Crippen LogP contribution in [0.4, 0.5) is 4.79 Å². The Bertz CT molecular complexity index is 560. The number of aliphatic imine (C=N–C) groups is 1. The molecule has 1 aromatic heterocycles. The van der Waals surface area contributed by atoms with E-state index in [1.165, 1.54) is 4.88 Å². The largest absolute Gasteiger partial charge is 0.450 e. The molecular weight excluding hydrogens is 475 g/mol. The summed E-state index contributed by atoms with van der Waals surface area (Å²) < 4.78 is 5.08. The molecule has 154 valence electrons. The molecule has 0 bridgehead atoms. The molecule has 1 unspecified atom stereocenters. The first kappa shape index (κ1) is 24.0. The summed E-state index contributed by atoms with van der Waals surface area (Å²) in [4.78, 5) is 19.8. The van der Waals surface area contributed by atoms with Gasteiger partial charge in [0.15, 0.2) is 5.96 Å². The SMILES string of the molecule is CCNC(=NCC(C)Cc1cccs1)NC1CCN(C(=O)OCC)CC1.I. The first-order valence-electron chi connectivity index (χ1n) is 9.61. The highest BCUT2D eigenvalue weighted by molar-refractivity contribution is 14.0. The number of ether oxygens (including phenoxy) is 1. The van der Waals surface area contributed by atoms with Crippen molar-refractivity contribution < 1.29 is 9.53 Å². The van der Waals surface area contributed by atoms with Gasteiger partial charge in [0.25, 0.3) is 0 Å². The third-order valence-electron chi connectivity index (χ3n) is 4.40. The van der Waals surface area contributed by atoms with Crippen molar-refractivity contribution in [3.63, 3.8) is 0 Å². The summed E-state index contributed by atoms with van der Waals surface area (Å²) in [5, 5.41) is 8.98. The lowest BCUT2D eigenvalue weighted by Crippen LogP contribution is -2.50. The molecule has 2 heterocycles. The number of hydrogen-bond acceptors (Lipinski definition) is 4. The summed E-state index contributed by atoms with van der Waals surface area (Å²) in [5.74, 6) is 1.38. The molecule has 0 saturated carbocycles. The summed E-state index contributed by atoms with van der Waals surface area (Å²) in [6.45, 7) is 9.68. The Morgan fingerprint density at radius 3 is 2.74 bits per heavy atom. The number of piperidine rings is 1. The van der Waals surface area contributed by atoms with E-state index in [1.807, 2.05) is 18.3 Å². The fraction of sp³-hybridized carbons (Fsp3) is 0.684. The molecule has 1 amide bonds. The summed E-state index contributed by atoms with van der Waals surface area (Å²) in [6, 6.07) is 4.63. The number of halogens is 1. The van der Waals surface area contributed by atoms with Crippen LogP contribution < -0.4 is 10.6 Å². The van der Waals surface area contributed by atoms with Gasteiger partial charge in [0.05, 0.1) is 6.61 Å². The Kier molecular flexibility index (Phi) is 11.7. The first-order valence-corrected chi connectivity index (χ1v) is 10.5. The van der Waals surface area contributed by atoms with Crippen molar-refractivity contribution in [2.24, 2.45) is 10.9 Å². The average Bonchev–Trinajstić information content (AvgIpc) is 3.13. The third-order valence-corrected chi connectivity index (χ3v) is 5.30. The van der Waals surface area contributed by atoms with Gasteiger partial charge in [-0.05, 0) is 50.5 Å². The van der Waals surface area contributed by atoms with E-state index in [0.29, 0.717) is 18.6 Å². The van der Waals surface area contributed by atoms with Crippen LogP contribution in [0.3, 0.4) is 0 Å². The number of guanidine groups is 1. The summed E-state index contributed by atoms with van der Waals surface area (Å²) in [7, 11) is 0. The van der Waals surface area contributed by atoms with Gasteiger partial charge in [-0.25, -0.2) is 4.79 Å². The standard InChI is InChI=1S/C19H32N4O2S.HI/c1-4-20-18(21-14-15(3)13-17-7-6-12-26-17)22-16-8-10-23(11-9-16)19(24)25-5-2;/h6-7,12,15-16H,4-5,8-11,13-14H2,1-3H3,(H2,20,21,22);1H. The Hall–Kier alpha value is -1.03. The molecule has 0 aliphatic carbocycles. The molecule has 27 heavy (non-hydrogen) atoms. The van der Waals surface area contributed by atoms with Crippen LogP contribution in [0, 0.1) is 5.92 Å². The van der Waals surface area contributed by atoms with E-state index in [0.717, 1.165) is 51.4 Å². The topological polar surface area (TPSA) is 66.0 Å². The minimum Gasteiger partial charge on any atom is -0.450 e. The minimum absolute atomic E-state index is 0. The van der Waals surface area contributed by atoms with Crippen LogP contribution in [-0.2, 0) is 11.2 Å². The van der Waals surface area contributed by atoms with Crippen LogP contribution in [0.1, 0.15) is 38.5 Å². The highest BCUT2D eigenvalue weighted by Crippen LogP contribution is 2.15. The number of nitrogens with one attached hydrogen (secondary N) is 2. The molecule has 1 saturated heterocycles. The van der Waals surface area contributed by atoms with Gasteiger partial charge in [-0.15, -0.1) is 35.3 Å². The van der Waals surface area contributed by atoms with Crippen LogP contribution in [0.15, 0.2) is 22.5 Å². The van der Waals surface area contributed by atoms with Gasteiger partial charge < -0.3 is 20.3 Å². The van der Waals surface area contributed by atoms with Crippen molar-refractivity contribution in [1.29, 1.82) is 0 Å². The van der Waals surface area contributed by atoms with Crippen molar-refractivity contribution in [3.05, 3.63) is 22.4 Å². The van der Waals surface area contributed by atoms with Crippen LogP contribution in [-0.4, -0.2) is 55.8 Å². The maximum atomic E-state index is 11.8. The molecule has 8 heteroatoms. The maximum absolute atomic E-state index is 11.8. The van der Waals surface area contributed by atoms with E-state index in [2.05, 4.69) is 42.0 Å². The zero-order valence-electron chi connectivity index (χ0n) is 16.6. The van der Waals surface area contributed by atoms with E-state index >= 15 is 0 Å². The number of carbonyl (C=O) groups excluding carboxylic acids is 1. The number of amides is 1. The van der Waals surface area contributed by atoms with Gasteiger partial charge in [0.2, 0.25) is 0 Å². The molecule has 6 nitrogen and oxygen atoms in total. The van der Waals surface area contributed by atoms with E-state index in [-0.39, 0.29) is 30.1 Å². The molecule has 1 aliphatic heterocycles. The maximum Gasteiger partial charge on any atom is 0.409 e. The van der Waals surface area contributed by atoms with E-state index in [9.17, 15) is 4.79 Å². The van der Waals surface area contributed by atoms with Gasteiger partial charge in [-0.2, -0.15) is 0 Å². The number of rotatable bonds is 7. The normalized spacial score (nSPS) is 16.4. The average molecular weight is 508 g/mol. The number of nitrogens with zero attached hydrogens (tertiary/aromatic N) is 2. The Labute approximate surface area is 184 Å². The quantitative estimate of drug-likeness (QED) is 0.335. The van der Waals surface area contributed by atoms with Crippen molar-refractivity contribution >= 4 is 47.4 Å². The first-order chi connectivity index (χ1) is 12.6. The summed E-state index contributed by atoms with van der Waals surface area (Å²) >= 11 is 1.81. The zero-order valence-corrected chi connectivity index (χ0v) is 19.7. The third kappa shape index (κ3) is 8.68. The van der Waals surface area contributed by atoms with E-state index in [4.69, 9.17) is 9.73 Å². The molecule has 1 aliphatic rings. The lowest BCUT2D eigenvalue weighted by atomic mass is 10.1. The molecule has 1 fully saturated rings. The molecule has 1 aromatic rings. The second-order valence-electron chi connectivity index (χ2n) is 6.71. The lowest BCUT2D eigenvalue weighted by molar-refractivity contribution is 0.0963. The molecular formula is C19H33IN4O2S. The molecule has 0 spiro atoms. The predicted molar refractivity (Wildman–Crippen MR) is 123 cm³/mol. The van der Waals surface area contributed by atoms with Crippen LogP contribution >= 0.6 is 35.3 Å². The number of carbonyl (C=O) groups is 1. The monoisotopic (exact) mass is 508 g/mol. The Morgan fingerprint density at radius 2 is 2.15 bits per heavy atom. The van der Waals surface area contributed by atoms with Crippen molar-refractivity contribution in [1.82, 2.24) is 15.5 Å². The van der Waals surface area contributed by atoms with Crippen molar-refractivity contribution in [2.75, 3.05) is 32.8 Å². The number of likely N-dealkylation sites (tertiary alicyclic amines) is 1. The summed E-state index contributed by atoms with van der Waals surface area (Å²) in [5.41, 5.74) is 0. The summed E-state index contributed by atoms with van der Waals surface area (Å²) in [6.07, 6.45) is 2.69. The van der Waals surface area contributed by atoms with Gasteiger partial charge in [-0.1, -0.05) is 13.0 Å². The molecule has 2 N–H and O–H groups in total. The van der Waals surface area contributed by atoms with Gasteiger partial charge >= 0.3 is 6.09 Å². The Balaban J connectivity index is 0.00000364. The molecule has 1 atom stereocenters. The molecule has 0 aromatic carbocycles. The fourth-order valence-corrected chi connectivity index (χ4v) is 3.89. The van der Waals surface area contributed by atoms with Crippen molar-refractivity contribution in [2.45, 2.75) is 46.1 Å². The Morgan fingerprint density at radius 1 is 1.41 bits per heavy atom. The second-order valence-corrected chi connectivity index (χ2v) is 7.75. The number of hydrogen-bond donors (Lipinski definition) is 2. The predicted octanol–water partition coefficient (Wildman–Crippen LogP) is 3.72. The van der Waals surface area contributed by atoms with Gasteiger partial charge in [-0.3, -0.25) is 4.99 Å². The van der Waals surface area contributed by atoms with Gasteiger partial charge in [0, 0.05) is 37.1 Å². The lowest BCUT2D eigenvalue weighted by Gasteiger charge is -2.32. The smallest absolute Gasteiger partial charge is 0.409 e. The zero-order chi connectivity index (χ0) is 18.8. The van der Waals surface area contributed by atoms with Crippen LogP contribution in [0.2, 0.25) is 0 Å².